The van der Waals surface area contributed by atoms with E-state index < -0.39 is 11.7 Å². The van der Waals surface area contributed by atoms with Gasteiger partial charge >= 0.3 is 0 Å². The molecule has 2 aliphatic heterocycles. The van der Waals surface area contributed by atoms with E-state index in [1.54, 1.807) is 34.9 Å². The summed E-state index contributed by atoms with van der Waals surface area (Å²) in [6, 6.07) is 20.4. The molecule has 142 valence electrons. The fourth-order valence-electron chi connectivity index (χ4n) is 3.61. The van der Waals surface area contributed by atoms with Crippen molar-refractivity contribution in [1.29, 1.82) is 0 Å². The molecule has 0 aliphatic carbocycles. The molecule has 0 bridgehead atoms. The van der Waals surface area contributed by atoms with Crippen LogP contribution in [-0.2, 0) is 9.59 Å². The van der Waals surface area contributed by atoms with Gasteiger partial charge in [0.2, 0.25) is 0 Å². The van der Waals surface area contributed by atoms with Gasteiger partial charge in [0, 0.05) is 14.3 Å². The summed E-state index contributed by atoms with van der Waals surface area (Å²) in [5.74, 6) is -1.55. The van der Waals surface area contributed by atoms with Crippen molar-refractivity contribution in [2.45, 2.75) is 9.79 Å². The van der Waals surface area contributed by atoms with E-state index in [0.717, 1.165) is 21.2 Å². The van der Waals surface area contributed by atoms with E-state index >= 15 is 0 Å². The minimum atomic E-state index is -0.681. The highest BCUT2D eigenvalue weighted by Crippen LogP contribution is 2.48. The largest absolute Gasteiger partial charge is 0.299 e. The topological polar surface area (TPSA) is 57.7 Å². The molecule has 0 fully saturated rings. The molecule has 0 N–H and O–H groups in total. The number of anilines is 3. The second-order valence-corrected chi connectivity index (χ2v) is 8.65. The van der Waals surface area contributed by atoms with Crippen LogP contribution in [0.5, 0.6) is 0 Å². The Morgan fingerprint density at radius 2 is 1.48 bits per heavy atom. The third-order valence-electron chi connectivity index (χ3n) is 4.91. The van der Waals surface area contributed by atoms with E-state index in [1.807, 2.05) is 48.5 Å². The smallest absolute Gasteiger partial charge is 0.295 e. The van der Waals surface area contributed by atoms with Gasteiger partial charge in [-0.1, -0.05) is 52.0 Å². The van der Waals surface area contributed by atoms with E-state index in [0.29, 0.717) is 15.7 Å². The third kappa shape index (κ3) is 2.89. The van der Waals surface area contributed by atoms with Crippen LogP contribution in [0.1, 0.15) is 10.4 Å². The van der Waals surface area contributed by atoms with Crippen LogP contribution < -0.4 is 9.80 Å². The molecular weight excluding hydrogens is 452 g/mol. The number of fused-ring (bicyclic) bond motifs is 3. The summed E-state index contributed by atoms with van der Waals surface area (Å²) in [6.07, 6.45) is 0. The average Bonchev–Trinajstić information content (AvgIpc) is 2.96. The van der Waals surface area contributed by atoms with Crippen LogP contribution in [0.25, 0.3) is 0 Å². The number of para-hydroxylation sites is 2. The molecule has 5 rings (SSSR count). The minimum Gasteiger partial charge on any atom is -0.295 e. The summed E-state index contributed by atoms with van der Waals surface area (Å²) < 4.78 is 0.710. The molecule has 0 saturated carbocycles. The van der Waals surface area contributed by atoms with Gasteiger partial charge in [-0.05, 0) is 42.5 Å². The van der Waals surface area contributed by atoms with Crippen molar-refractivity contribution in [2.24, 2.45) is 0 Å². The lowest BCUT2D eigenvalue weighted by atomic mass is 10.1. The molecule has 2 aliphatic rings. The molecule has 0 radical (unpaired) electrons. The number of halogens is 1. The molecule has 0 spiro atoms. The zero-order valence-corrected chi connectivity index (χ0v) is 17.4. The Hall–Kier alpha value is -2.90. The van der Waals surface area contributed by atoms with Crippen molar-refractivity contribution in [3.8, 4) is 0 Å². The second-order valence-electron chi connectivity index (χ2n) is 6.65. The third-order valence-corrected chi connectivity index (χ3v) is 6.53. The SMILES string of the molecule is O=C1C(=O)N(CC(=O)N2c3ccccc3Sc3ccccc32)c2ccc(Br)cc21. The molecule has 5 nitrogen and oxygen atoms in total. The molecule has 0 aromatic heterocycles. The lowest BCUT2D eigenvalue weighted by Crippen LogP contribution is -2.41. The molecule has 0 saturated heterocycles. The van der Waals surface area contributed by atoms with Gasteiger partial charge in [-0.3, -0.25) is 24.2 Å². The van der Waals surface area contributed by atoms with Gasteiger partial charge in [0.25, 0.3) is 17.6 Å². The van der Waals surface area contributed by atoms with Gasteiger partial charge < -0.3 is 0 Å². The number of hydrogen-bond donors (Lipinski definition) is 0. The predicted molar refractivity (Wildman–Crippen MR) is 115 cm³/mol. The van der Waals surface area contributed by atoms with Crippen LogP contribution in [-0.4, -0.2) is 24.1 Å². The number of Topliss-reactive ketones (excluding diaryl/α,β-unsaturated/α-hetero) is 1. The Morgan fingerprint density at radius 3 is 2.14 bits per heavy atom. The van der Waals surface area contributed by atoms with Crippen LogP contribution >= 0.6 is 27.7 Å². The zero-order valence-electron chi connectivity index (χ0n) is 15.0. The monoisotopic (exact) mass is 464 g/mol. The number of carbonyl (C=O) groups excluding carboxylic acids is 3. The van der Waals surface area contributed by atoms with Gasteiger partial charge in [0.05, 0.1) is 22.6 Å². The molecule has 0 atom stereocenters. The number of ketones is 1. The average molecular weight is 465 g/mol. The normalized spacial score (nSPS) is 14.5. The molecule has 3 aromatic carbocycles. The predicted octanol–water partition coefficient (Wildman–Crippen LogP) is 4.81. The van der Waals surface area contributed by atoms with Gasteiger partial charge in [0.1, 0.15) is 6.54 Å². The maximum Gasteiger partial charge on any atom is 0.299 e. The molecule has 3 aromatic rings. The summed E-state index contributed by atoms with van der Waals surface area (Å²) in [5, 5.41) is 0. The Morgan fingerprint density at radius 1 is 0.862 bits per heavy atom. The van der Waals surface area contributed by atoms with Gasteiger partial charge in [-0.2, -0.15) is 0 Å². The van der Waals surface area contributed by atoms with Crippen molar-refractivity contribution in [3.05, 3.63) is 76.8 Å². The molecule has 2 heterocycles. The van der Waals surface area contributed by atoms with Crippen LogP contribution in [0.3, 0.4) is 0 Å². The number of nitrogens with zero attached hydrogens (tertiary/aromatic N) is 2. The van der Waals surface area contributed by atoms with Crippen LogP contribution in [0.15, 0.2) is 81.0 Å². The standard InChI is InChI=1S/C22H13BrN2O3S/c23-13-9-10-15-14(11-13)21(27)22(28)24(15)12-20(26)25-16-5-1-3-7-18(16)29-19-8-4-2-6-17(19)25/h1-11H,12H2. The van der Waals surface area contributed by atoms with E-state index in [4.69, 9.17) is 0 Å². The van der Waals surface area contributed by atoms with E-state index in [2.05, 4.69) is 15.9 Å². The zero-order chi connectivity index (χ0) is 20.1. The lowest BCUT2D eigenvalue weighted by Gasteiger charge is -2.32. The highest BCUT2D eigenvalue weighted by molar-refractivity contribution is 9.10. The number of hydrogen-bond acceptors (Lipinski definition) is 4. The lowest BCUT2D eigenvalue weighted by molar-refractivity contribution is -0.119. The fourth-order valence-corrected chi connectivity index (χ4v) is 5.03. The van der Waals surface area contributed by atoms with Gasteiger partial charge in [-0.25, -0.2) is 0 Å². The van der Waals surface area contributed by atoms with Crippen molar-refractivity contribution >= 4 is 62.4 Å². The summed E-state index contributed by atoms with van der Waals surface area (Å²) in [6.45, 7) is -0.216. The number of amides is 2. The number of benzene rings is 3. The Labute approximate surface area is 179 Å². The van der Waals surface area contributed by atoms with Crippen LogP contribution in [0.2, 0.25) is 0 Å². The maximum atomic E-state index is 13.4. The first kappa shape index (κ1) is 18.1. The molecular formula is C22H13BrN2O3S. The highest BCUT2D eigenvalue weighted by Gasteiger charge is 2.38. The van der Waals surface area contributed by atoms with Crippen molar-refractivity contribution in [1.82, 2.24) is 0 Å². The van der Waals surface area contributed by atoms with Gasteiger partial charge in [0.15, 0.2) is 0 Å². The van der Waals surface area contributed by atoms with E-state index in [-0.39, 0.29) is 12.5 Å². The first-order chi connectivity index (χ1) is 14.0. The van der Waals surface area contributed by atoms with Crippen molar-refractivity contribution in [2.75, 3.05) is 16.3 Å². The summed E-state index contributed by atoms with van der Waals surface area (Å²) in [7, 11) is 0. The summed E-state index contributed by atoms with van der Waals surface area (Å²) >= 11 is 4.93. The molecule has 7 heteroatoms. The molecule has 0 unspecified atom stereocenters. The number of carbonyl (C=O) groups is 3. The Bertz CT molecular complexity index is 1160. The summed E-state index contributed by atoms with van der Waals surface area (Å²) in [4.78, 5) is 43.2. The first-order valence-corrected chi connectivity index (χ1v) is 10.5. The summed E-state index contributed by atoms with van der Waals surface area (Å²) in [5.41, 5.74) is 2.32. The quantitative estimate of drug-likeness (QED) is 0.510. The molecule has 2 amide bonds. The van der Waals surface area contributed by atoms with Crippen LogP contribution in [0.4, 0.5) is 17.1 Å². The highest BCUT2D eigenvalue weighted by atomic mass is 79.9. The second kappa shape index (κ2) is 6.86. The Balaban J connectivity index is 1.55. The first-order valence-electron chi connectivity index (χ1n) is 8.89. The van der Waals surface area contributed by atoms with E-state index in [1.165, 1.54) is 4.90 Å². The van der Waals surface area contributed by atoms with Gasteiger partial charge in [-0.15, -0.1) is 0 Å². The number of rotatable bonds is 2. The fraction of sp³-hybridized carbons (Fsp3) is 0.0455. The van der Waals surface area contributed by atoms with Crippen LogP contribution in [0, 0.1) is 0 Å². The Kier molecular flexibility index (Phi) is 4.29. The maximum absolute atomic E-state index is 13.4. The van der Waals surface area contributed by atoms with Crippen molar-refractivity contribution < 1.29 is 14.4 Å². The molecule has 29 heavy (non-hydrogen) atoms. The minimum absolute atomic E-state index is 0.216. The van der Waals surface area contributed by atoms with Crippen molar-refractivity contribution in [3.63, 3.8) is 0 Å². The van der Waals surface area contributed by atoms with E-state index in [9.17, 15) is 14.4 Å².